The molecule has 2 nitrogen and oxygen atoms in total. The molecular weight excluding hydrogens is 316 g/mol. The quantitative estimate of drug-likeness (QED) is 0.751. The molecule has 1 aromatic carbocycles. The molecule has 1 saturated heterocycles. The Hall–Kier alpha value is -0.250. The van der Waals surface area contributed by atoms with Gasteiger partial charge in [-0.2, -0.15) is 0 Å². The van der Waals surface area contributed by atoms with Crippen molar-refractivity contribution in [2.24, 2.45) is 0 Å². The average Bonchev–Trinajstić information content (AvgIpc) is 2.67. The summed E-state index contributed by atoms with van der Waals surface area (Å²) in [4.78, 5) is 0. The predicted molar refractivity (Wildman–Crippen MR) is 77.8 cm³/mol. The molecule has 0 bridgehead atoms. The van der Waals surface area contributed by atoms with Crippen molar-refractivity contribution in [3.63, 3.8) is 0 Å². The van der Waals surface area contributed by atoms with Gasteiger partial charge in [0, 0.05) is 10.9 Å². The molecule has 2 rings (SSSR count). The van der Waals surface area contributed by atoms with Gasteiger partial charge in [-0.25, -0.2) is 0 Å². The molecule has 1 unspecified atom stereocenters. The van der Waals surface area contributed by atoms with Gasteiger partial charge < -0.3 is 9.47 Å². The molecule has 18 heavy (non-hydrogen) atoms. The third-order valence-corrected chi connectivity index (χ3v) is 4.06. The largest absolute Gasteiger partial charge is 0.489 e. The van der Waals surface area contributed by atoms with Crippen molar-refractivity contribution in [1.29, 1.82) is 0 Å². The van der Waals surface area contributed by atoms with Crippen molar-refractivity contribution in [2.75, 3.05) is 6.61 Å². The Morgan fingerprint density at radius 3 is 2.89 bits per heavy atom. The van der Waals surface area contributed by atoms with Crippen LogP contribution >= 0.6 is 27.5 Å². The van der Waals surface area contributed by atoms with E-state index in [0.717, 1.165) is 29.5 Å². The van der Waals surface area contributed by atoms with Gasteiger partial charge in [0.05, 0.1) is 16.7 Å². The molecule has 1 atom stereocenters. The van der Waals surface area contributed by atoms with Gasteiger partial charge in [0.1, 0.15) is 12.4 Å². The lowest BCUT2D eigenvalue weighted by molar-refractivity contribution is -0.0327. The number of para-hydroxylation sites is 1. The third-order valence-electron chi connectivity index (χ3n) is 3.16. The Bertz CT molecular complexity index is 420. The summed E-state index contributed by atoms with van der Waals surface area (Å²) >= 11 is 9.61. The molecule has 0 amide bonds. The minimum absolute atomic E-state index is 0.0211. The maximum Gasteiger partial charge on any atom is 0.142 e. The summed E-state index contributed by atoms with van der Waals surface area (Å²) in [6.45, 7) is 4.80. The molecule has 0 aliphatic carbocycles. The van der Waals surface area contributed by atoms with Gasteiger partial charge in [0.15, 0.2) is 0 Å². The number of hydrogen-bond donors (Lipinski definition) is 0. The Kier molecular flexibility index (Phi) is 4.57. The minimum atomic E-state index is -0.0211. The highest BCUT2D eigenvalue weighted by Gasteiger charge is 2.32. The summed E-state index contributed by atoms with van der Waals surface area (Å²) in [6.07, 6.45) is 2.29. The lowest BCUT2D eigenvalue weighted by Gasteiger charge is -2.20. The number of halogens is 2. The molecule has 0 N–H and O–H groups in total. The Morgan fingerprint density at radius 1 is 1.50 bits per heavy atom. The molecule has 1 aliphatic heterocycles. The molecule has 4 heteroatoms. The number of benzene rings is 1. The van der Waals surface area contributed by atoms with Crippen molar-refractivity contribution in [1.82, 2.24) is 0 Å². The Morgan fingerprint density at radius 2 is 2.28 bits per heavy atom. The standard InChI is InChI=1S/C14H18BrClO2/c1-14(2)7-6-11(18-14)9-17-13-10(8-15)4-3-5-12(13)16/h3-5,11H,6-9H2,1-2H3. The lowest BCUT2D eigenvalue weighted by atomic mass is 10.1. The van der Waals surface area contributed by atoms with E-state index in [1.807, 2.05) is 18.2 Å². The van der Waals surface area contributed by atoms with E-state index in [9.17, 15) is 0 Å². The SMILES string of the molecule is CC1(C)CCC(COc2c(Cl)cccc2CBr)O1. The van der Waals surface area contributed by atoms with E-state index in [2.05, 4.69) is 29.8 Å². The summed E-state index contributed by atoms with van der Waals surface area (Å²) in [5.74, 6) is 0.768. The molecule has 1 heterocycles. The van der Waals surface area contributed by atoms with Crippen LogP contribution in [0.3, 0.4) is 0 Å². The first-order valence-corrected chi connectivity index (χ1v) is 7.66. The highest BCUT2D eigenvalue weighted by molar-refractivity contribution is 9.08. The zero-order chi connectivity index (χ0) is 13.2. The fourth-order valence-corrected chi connectivity index (χ4v) is 2.88. The van der Waals surface area contributed by atoms with E-state index in [-0.39, 0.29) is 11.7 Å². The summed E-state index contributed by atoms with van der Waals surface area (Å²) < 4.78 is 11.8. The van der Waals surface area contributed by atoms with Gasteiger partial charge in [-0.05, 0) is 32.8 Å². The second-order valence-electron chi connectivity index (χ2n) is 5.21. The second-order valence-corrected chi connectivity index (χ2v) is 6.18. The zero-order valence-corrected chi connectivity index (χ0v) is 13.1. The third kappa shape index (κ3) is 3.40. The Labute approximate surface area is 122 Å². The summed E-state index contributed by atoms with van der Waals surface area (Å²) in [7, 11) is 0. The van der Waals surface area contributed by atoms with Crippen molar-refractivity contribution in [3.8, 4) is 5.75 Å². The van der Waals surface area contributed by atoms with Crippen LogP contribution in [0.25, 0.3) is 0 Å². The van der Waals surface area contributed by atoms with Gasteiger partial charge in [-0.3, -0.25) is 0 Å². The van der Waals surface area contributed by atoms with Crippen molar-refractivity contribution in [3.05, 3.63) is 28.8 Å². The maximum atomic E-state index is 6.16. The molecule has 0 aromatic heterocycles. The average molecular weight is 334 g/mol. The monoisotopic (exact) mass is 332 g/mol. The first-order chi connectivity index (χ1) is 8.52. The van der Waals surface area contributed by atoms with Gasteiger partial charge in [-0.1, -0.05) is 39.7 Å². The summed E-state index contributed by atoms with van der Waals surface area (Å²) in [5.41, 5.74) is 1.05. The maximum absolute atomic E-state index is 6.16. The van der Waals surface area contributed by atoms with Crippen molar-refractivity contribution < 1.29 is 9.47 Å². The molecule has 0 radical (unpaired) electrons. The van der Waals surface area contributed by atoms with Gasteiger partial charge in [0.25, 0.3) is 0 Å². The number of rotatable bonds is 4. The fourth-order valence-electron chi connectivity index (χ4n) is 2.19. The van der Waals surface area contributed by atoms with Crippen LogP contribution in [0.15, 0.2) is 18.2 Å². The van der Waals surface area contributed by atoms with Crippen LogP contribution in [-0.4, -0.2) is 18.3 Å². The predicted octanol–water partition coefficient (Wildman–Crippen LogP) is 4.57. The highest BCUT2D eigenvalue weighted by atomic mass is 79.9. The van der Waals surface area contributed by atoms with Crippen LogP contribution in [-0.2, 0) is 10.1 Å². The van der Waals surface area contributed by atoms with Crippen LogP contribution in [0, 0.1) is 0 Å². The van der Waals surface area contributed by atoms with E-state index in [1.165, 1.54) is 0 Å². The van der Waals surface area contributed by atoms with Crippen LogP contribution in [0.5, 0.6) is 5.75 Å². The summed E-state index contributed by atoms with van der Waals surface area (Å²) in [6, 6.07) is 5.79. The summed E-state index contributed by atoms with van der Waals surface area (Å²) in [5, 5.41) is 1.39. The first-order valence-electron chi connectivity index (χ1n) is 6.16. The van der Waals surface area contributed by atoms with Crippen molar-refractivity contribution in [2.45, 2.75) is 43.7 Å². The van der Waals surface area contributed by atoms with Gasteiger partial charge >= 0.3 is 0 Å². The lowest BCUT2D eigenvalue weighted by Crippen LogP contribution is -2.24. The van der Waals surface area contributed by atoms with Crippen molar-refractivity contribution >= 4 is 27.5 Å². The van der Waals surface area contributed by atoms with Crippen LogP contribution in [0.2, 0.25) is 5.02 Å². The molecule has 1 aromatic rings. The normalized spacial score (nSPS) is 22.1. The fraction of sp³-hybridized carbons (Fsp3) is 0.571. The minimum Gasteiger partial charge on any atom is -0.489 e. The topological polar surface area (TPSA) is 18.5 Å². The smallest absolute Gasteiger partial charge is 0.142 e. The number of ether oxygens (including phenoxy) is 2. The molecule has 0 saturated carbocycles. The number of hydrogen-bond acceptors (Lipinski definition) is 2. The van der Waals surface area contributed by atoms with E-state index >= 15 is 0 Å². The van der Waals surface area contributed by atoms with E-state index in [1.54, 1.807) is 0 Å². The first kappa shape index (κ1) is 14.2. The molecule has 0 spiro atoms. The second kappa shape index (κ2) is 5.81. The van der Waals surface area contributed by atoms with Gasteiger partial charge in [-0.15, -0.1) is 0 Å². The molecule has 1 aliphatic rings. The highest BCUT2D eigenvalue weighted by Crippen LogP contribution is 2.33. The van der Waals surface area contributed by atoms with E-state index in [0.29, 0.717) is 11.6 Å². The molecule has 100 valence electrons. The number of alkyl halides is 1. The van der Waals surface area contributed by atoms with Crippen LogP contribution < -0.4 is 4.74 Å². The van der Waals surface area contributed by atoms with E-state index in [4.69, 9.17) is 21.1 Å². The molecule has 1 fully saturated rings. The molecular formula is C14H18BrClO2. The van der Waals surface area contributed by atoms with Crippen LogP contribution in [0.4, 0.5) is 0 Å². The van der Waals surface area contributed by atoms with E-state index < -0.39 is 0 Å². The van der Waals surface area contributed by atoms with Crippen LogP contribution in [0.1, 0.15) is 32.3 Å². The Balaban J connectivity index is 1.98. The van der Waals surface area contributed by atoms with Gasteiger partial charge in [0.2, 0.25) is 0 Å². The zero-order valence-electron chi connectivity index (χ0n) is 10.7.